The Morgan fingerprint density at radius 3 is 2.80 bits per heavy atom. The van der Waals surface area contributed by atoms with Crippen LogP contribution in [0.1, 0.15) is 41.6 Å². The largest absolute Gasteiger partial charge is 0.376 e. The molecule has 25 heavy (non-hydrogen) atoms. The number of nitrogens with zero attached hydrogens (tertiary/aromatic N) is 2. The highest BCUT2D eigenvalue weighted by molar-refractivity contribution is 5.94. The van der Waals surface area contributed by atoms with Crippen molar-refractivity contribution in [1.29, 1.82) is 0 Å². The van der Waals surface area contributed by atoms with Crippen molar-refractivity contribution in [2.24, 2.45) is 0 Å². The summed E-state index contributed by atoms with van der Waals surface area (Å²) in [7, 11) is 1.78. The predicted octanol–water partition coefficient (Wildman–Crippen LogP) is 2.24. The summed E-state index contributed by atoms with van der Waals surface area (Å²) in [5, 5.41) is 2.91. The number of hydrogen-bond donors (Lipinski definition) is 1. The maximum atomic E-state index is 12.5. The highest BCUT2D eigenvalue weighted by Gasteiger charge is 2.21. The maximum absolute atomic E-state index is 12.5. The van der Waals surface area contributed by atoms with Gasteiger partial charge in [0.2, 0.25) is 0 Å². The van der Waals surface area contributed by atoms with Crippen molar-refractivity contribution in [3.63, 3.8) is 0 Å². The molecule has 2 aliphatic rings. The first-order valence-corrected chi connectivity index (χ1v) is 9.12. The Labute approximate surface area is 149 Å². The molecule has 2 fully saturated rings. The Bertz CT molecular complexity index is 608. The zero-order chi connectivity index (χ0) is 17.6. The molecule has 6 nitrogen and oxygen atoms in total. The smallest absolute Gasteiger partial charge is 0.317 e. The molecule has 1 atom stereocenters. The van der Waals surface area contributed by atoms with Crippen LogP contribution in [0.4, 0.5) is 4.79 Å². The van der Waals surface area contributed by atoms with E-state index < -0.39 is 0 Å². The van der Waals surface area contributed by atoms with Gasteiger partial charge in [-0.1, -0.05) is 12.1 Å². The molecule has 0 saturated carbocycles. The monoisotopic (exact) mass is 345 g/mol. The van der Waals surface area contributed by atoms with E-state index in [1.807, 2.05) is 29.2 Å². The maximum Gasteiger partial charge on any atom is 0.317 e. The third kappa shape index (κ3) is 4.72. The standard InChI is InChI=1S/C19H27N3O3/c1-21(14-17-8-5-11-25-17)19(24)20-13-15-6-4-7-16(12-15)18(23)22-9-2-3-10-22/h4,6-7,12,17H,2-3,5,8-11,13-14H2,1H3,(H,20,24)/t17-/m0/s1. The number of ether oxygens (including phenoxy) is 1. The fraction of sp³-hybridized carbons (Fsp3) is 0.579. The lowest BCUT2D eigenvalue weighted by atomic mass is 10.1. The fourth-order valence-corrected chi connectivity index (χ4v) is 3.41. The number of urea groups is 1. The van der Waals surface area contributed by atoms with Crippen LogP contribution in [0.3, 0.4) is 0 Å². The minimum atomic E-state index is -0.119. The number of hydrogen-bond acceptors (Lipinski definition) is 3. The van der Waals surface area contributed by atoms with E-state index >= 15 is 0 Å². The zero-order valence-corrected chi connectivity index (χ0v) is 14.9. The Morgan fingerprint density at radius 1 is 1.28 bits per heavy atom. The highest BCUT2D eigenvalue weighted by Crippen LogP contribution is 2.15. The molecule has 0 radical (unpaired) electrons. The number of nitrogens with one attached hydrogen (secondary N) is 1. The summed E-state index contributed by atoms with van der Waals surface area (Å²) in [6.07, 6.45) is 4.39. The number of carbonyl (C=O) groups is 2. The average Bonchev–Trinajstić information content (AvgIpc) is 3.33. The number of benzene rings is 1. The van der Waals surface area contributed by atoms with Crippen molar-refractivity contribution in [3.8, 4) is 0 Å². The van der Waals surface area contributed by atoms with Gasteiger partial charge in [-0.25, -0.2) is 4.79 Å². The lowest BCUT2D eigenvalue weighted by Crippen LogP contribution is -2.40. The third-order valence-electron chi connectivity index (χ3n) is 4.86. The van der Waals surface area contributed by atoms with E-state index in [0.717, 1.165) is 50.9 Å². The Morgan fingerprint density at radius 2 is 2.08 bits per heavy atom. The SMILES string of the molecule is CN(C[C@@H]1CCCO1)C(=O)NCc1cccc(C(=O)N2CCCC2)c1. The molecule has 6 heteroatoms. The summed E-state index contributed by atoms with van der Waals surface area (Å²) in [5.74, 6) is 0.0844. The number of likely N-dealkylation sites (tertiary alicyclic amines) is 1. The quantitative estimate of drug-likeness (QED) is 0.890. The van der Waals surface area contributed by atoms with Crippen LogP contribution in [-0.4, -0.2) is 61.1 Å². The topological polar surface area (TPSA) is 61.9 Å². The first-order chi connectivity index (χ1) is 12.1. The second-order valence-corrected chi connectivity index (χ2v) is 6.87. The van der Waals surface area contributed by atoms with E-state index in [0.29, 0.717) is 18.7 Å². The normalized spacial score (nSPS) is 19.9. The van der Waals surface area contributed by atoms with Gasteiger partial charge in [-0.05, 0) is 43.4 Å². The van der Waals surface area contributed by atoms with E-state index in [2.05, 4.69) is 5.32 Å². The molecule has 0 aliphatic carbocycles. The Kier molecular flexibility index (Phi) is 5.91. The summed E-state index contributed by atoms with van der Waals surface area (Å²) in [4.78, 5) is 28.2. The van der Waals surface area contributed by atoms with Crippen LogP contribution >= 0.6 is 0 Å². The second kappa shape index (κ2) is 8.34. The molecular formula is C19H27N3O3. The summed E-state index contributed by atoms with van der Waals surface area (Å²) in [6, 6.07) is 7.41. The highest BCUT2D eigenvalue weighted by atomic mass is 16.5. The molecular weight excluding hydrogens is 318 g/mol. The van der Waals surface area contributed by atoms with Gasteiger partial charge in [0.05, 0.1) is 6.10 Å². The van der Waals surface area contributed by atoms with Crippen LogP contribution in [0.15, 0.2) is 24.3 Å². The summed E-state index contributed by atoms with van der Waals surface area (Å²) >= 11 is 0. The molecule has 3 rings (SSSR count). The van der Waals surface area contributed by atoms with E-state index in [1.165, 1.54) is 0 Å². The molecule has 1 aromatic carbocycles. The number of rotatable bonds is 5. The fourth-order valence-electron chi connectivity index (χ4n) is 3.41. The number of likely N-dealkylation sites (N-methyl/N-ethyl adjacent to an activating group) is 1. The van der Waals surface area contributed by atoms with Crippen molar-refractivity contribution < 1.29 is 14.3 Å². The lowest BCUT2D eigenvalue weighted by molar-refractivity contribution is 0.0792. The molecule has 3 amide bonds. The minimum absolute atomic E-state index is 0.0844. The molecule has 2 aliphatic heterocycles. The van der Waals surface area contributed by atoms with Crippen LogP contribution in [-0.2, 0) is 11.3 Å². The van der Waals surface area contributed by atoms with Gasteiger partial charge in [-0.2, -0.15) is 0 Å². The van der Waals surface area contributed by atoms with Gasteiger partial charge in [-0.3, -0.25) is 4.79 Å². The first-order valence-electron chi connectivity index (χ1n) is 9.12. The molecule has 2 heterocycles. The molecule has 2 saturated heterocycles. The Balaban J connectivity index is 1.51. The van der Waals surface area contributed by atoms with Gasteiger partial charge < -0.3 is 19.9 Å². The minimum Gasteiger partial charge on any atom is -0.376 e. The molecule has 0 unspecified atom stereocenters. The average molecular weight is 345 g/mol. The van der Waals surface area contributed by atoms with Gasteiger partial charge in [0.1, 0.15) is 0 Å². The van der Waals surface area contributed by atoms with E-state index in [-0.39, 0.29) is 18.0 Å². The molecule has 1 aromatic rings. The van der Waals surface area contributed by atoms with Crippen LogP contribution in [0.2, 0.25) is 0 Å². The molecule has 1 N–H and O–H groups in total. The van der Waals surface area contributed by atoms with E-state index in [4.69, 9.17) is 4.74 Å². The summed E-state index contributed by atoms with van der Waals surface area (Å²) < 4.78 is 5.56. The second-order valence-electron chi connectivity index (χ2n) is 6.87. The van der Waals surface area contributed by atoms with Gasteiger partial charge >= 0.3 is 6.03 Å². The van der Waals surface area contributed by atoms with E-state index in [1.54, 1.807) is 11.9 Å². The molecule has 0 bridgehead atoms. The van der Waals surface area contributed by atoms with Crippen molar-refractivity contribution in [2.45, 2.75) is 38.3 Å². The van der Waals surface area contributed by atoms with Crippen molar-refractivity contribution in [3.05, 3.63) is 35.4 Å². The first kappa shape index (κ1) is 17.7. The van der Waals surface area contributed by atoms with Crippen LogP contribution in [0, 0.1) is 0 Å². The predicted molar refractivity (Wildman–Crippen MR) is 95.4 cm³/mol. The Hall–Kier alpha value is -2.08. The van der Waals surface area contributed by atoms with Crippen molar-refractivity contribution >= 4 is 11.9 Å². The van der Waals surface area contributed by atoms with Crippen molar-refractivity contribution in [1.82, 2.24) is 15.1 Å². The molecule has 136 valence electrons. The lowest BCUT2D eigenvalue weighted by Gasteiger charge is -2.21. The number of carbonyl (C=O) groups excluding carboxylic acids is 2. The van der Waals surface area contributed by atoms with Crippen molar-refractivity contribution in [2.75, 3.05) is 33.3 Å². The number of amides is 3. The van der Waals surface area contributed by atoms with E-state index in [9.17, 15) is 9.59 Å². The van der Waals surface area contributed by atoms with Gasteiger partial charge in [-0.15, -0.1) is 0 Å². The summed E-state index contributed by atoms with van der Waals surface area (Å²) in [5.41, 5.74) is 1.63. The van der Waals surface area contributed by atoms with Crippen LogP contribution in [0.25, 0.3) is 0 Å². The molecule has 0 spiro atoms. The van der Waals surface area contributed by atoms with Crippen LogP contribution in [0.5, 0.6) is 0 Å². The van der Waals surface area contributed by atoms with Crippen LogP contribution < -0.4 is 5.32 Å². The van der Waals surface area contributed by atoms with Gasteiger partial charge in [0, 0.05) is 45.4 Å². The third-order valence-corrected chi connectivity index (χ3v) is 4.86. The van der Waals surface area contributed by atoms with Gasteiger partial charge in [0.25, 0.3) is 5.91 Å². The summed E-state index contributed by atoms with van der Waals surface area (Å²) in [6.45, 7) is 3.49. The zero-order valence-electron chi connectivity index (χ0n) is 14.9. The van der Waals surface area contributed by atoms with Gasteiger partial charge in [0.15, 0.2) is 0 Å². The molecule has 0 aromatic heterocycles.